The first-order valence-corrected chi connectivity index (χ1v) is 17.6. The highest BCUT2D eigenvalue weighted by Crippen LogP contribution is 2.71. The average Bonchev–Trinajstić information content (AvgIpc) is 2.96. The molecule has 2 atom stereocenters. The SMILES string of the molecule is CCOP(=O)(OCC)C(CCNC1CC=CCC1c1ccc(C=Cc2ccccc2)cc1)P(=O)(OCC)OCC. The van der Waals surface area contributed by atoms with Crippen LogP contribution in [0.5, 0.6) is 0 Å². The Balaban J connectivity index is 1.73. The summed E-state index contributed by atoms with van der Waals surface area (Å²) in [6.45, 7) is 8.13. The molecule has 0 aromatic heterocycles. The molecule has 1 N–H and O–H groups in total. The van der Waals surface area contributed by atoms with Gasteiger partial charge in [-0.1, -0.05) is 78.9 Å². The van der Waals surface area contributed by atoms with Gasteiger partial charge < -0.3 is 23.4 Å². The lowest BCUT2D eigenvalue weighted by Crippen LogP contribution is -2.37. The second-order valence-electron chi connectivity index (χ2n) is 9.54. The van der Waals surface area contributed by atoms with Crippen molar-refractivity contribution >= 4 is 27.3 Å². The quantitative estimate of drug-likeness (QED) is 0.113. The van der Waals surface area contributed by atoms with E-state index >= 15 is 0 Å². The minimum Gasteiger partial charge on any atom is -0.313 e. The summed E-state index contributed by atoms with van der Waals surface area (Å²) < 4.78 is 50.1. The first kappa shape index (κ1) is 32.7. The molecule has 0 saturated carbocycles. The van der Waals surface area contributed by atoms with Gasteiger partial charge in [0.15, 0.2) is 5.40 Å². The molecule has 0 bridgehead atoms. The predicted molar refractivity (Wildman–Crippen MR) is 165 cm³/mol. The van der Waals surface area contributed by atoms with Gasteiger partial charge in [-0.2, -0.15) is 0 Å². The summed E-state index contributed by atoms with van der Waals surface area (Å²) in [6.07, 6.45) is 10.7. The Morgan fingerprint density at radius 1 is 0.750 bits per heavy atom. The van der Waals surface area contributed by atoms with Gasteiger partial charge in [-0.15, -0.1) is 0 Å². The Kier molecular flexibility index (Phi) is 13.6. The van der Waals surface area contributed by atoms with Crippen molar-refractivity contribution < 1.29 is 27.2 Å². The minimum absolute atomic E-state index is 0.172. The first-order chi connectivity index (χ1) is 19.4. The van der Waals surface area contributed by atoms with Crippen LogP contribution < -0.4 is 5.32 Å². The maximum atomic E-state index is 13.8. The van der Waals surface area contributed by atoms with Gasteiger partial charge in [0, 0.05) is 12.0 Å². The molecule has 0 heterocycles. The van der Waals surface area contributed by atoms with Crippen molar-refractivity contribution in [2.24, 2.45) is 0 Å². The zero-order valence-corrected chi connectivity index (χ0v) is 26.0. The summed E-state index contributed by atoms with van der Waals surface area (Å²) in [5.41, 5.74) is 3.58. The molecular formula is C31H45NO6P2. The van der Waals surface area contributed by atoms with Crippen molar-refractivity contribution in [1.82, 2.24) is 5.32 Å². The van der Waals surface area contributed by atoms with Crippen molar-refractivity contribution in [3.63, 3.8) is 0 Å². The molecule has 1 aliphatic rings. The van der Waals surface area contributed by atoms with E-state index in [-0.39, 0.29) is 44.8 Å². The van der Waals surface area contributed by atoms with Crippen LogP contribution in [-0.4, -0.2) is 44.4 Å². The average molecular weight is 590 g/mol. The molecule has 0 radical (unpaired) electrons. The molecule has 2 aromatic carbocycles. The largest absolute Gasteiger partial charge is 0.345 e. The lowest BCUT2D eigenvalue weighted by Gasteiger charge is -2.33. The van der Waals surface area contributed by atoms with Crippen LogP contribution in [-0.2, 0) is 27.2 Å². The molecule has 9 heteroatoms. The summed E-state index contributed by atoms with van der Waals surface area (Å²) in [7, 11) is -7.52. The molecule has 7 nitrogen and oxygen atoms in total. The Bertz CT molecular complexity index is 1120. The van der Waals surface area contributed by atoms with Crippen LogP contribution in [0.1, 0.15) is 69.6 Å². The molecule has 0 amide bonds. The van der Waals surface area contributed by atoms with E-state index in [0.29, 0.717) is 6.54 Å². The molecule has 220 valence electrons. The fraction of sp³-hybridized carbons (Fsp3) is 0.484. The van der Waals surface area contributed by atoms with Crippen LogP contribution in [0.25, 0.3) is 12.2 Å². The summed E-state index contributed by atoms with van der Waals surface area (Å²) in [6, 6.07) is 19.1. The van der Waals surface area contributed by atoms with E-state index in [1.807, 2.05) is 18.2 Å². The van der Waals surface area contributed by atoms with Gasteiger partial charge in [0.2, 0.25) is 0 Å². The highest BCUT2D eigenvalue weighted by molar-refractivity contribution is 7.72. The van der Waals surface area contributed by atoms with Crippen LogP contribution in [0.15, 0.2) is 66.7 Å². The lowest BCUT2D eigenvalue weighted by molar-refractivity contribution is 0.193. The molecule has 40 heavy (non-hydrogen) atoms. The Labute approximate surface area is 240 Å². The van der Waals surface area contributed by atoms with E-state index in [2.05, 4.69) is 66.0 Å². The van der Waals surface area contributed by atoms with E-state index in [4.69, 9.17) is 18.1 Å². The normalized spacial score (nSPS) is 18.1. The van der Waals surface area contributed by atoms with Gasteiger partial charge in [-0.3, -0.25) is 9.13 Å². The molecule has 2 aromatic rings. The number of benzene rings is 2. The zero-order valence-electron chi connectivity index (χ0n) is 24.2. The molecule has 0 aliphatic heterocycles. The summed E-state index contributed by atoms with van der Waals surface area (Å²) in [5.74, 6) is 0.284. The van der Waals surface area contributed by atoms with E-state index < -0.39 is 20.6 Å². The predicted octanol–water partition coefficient (Wildman–Crippen LogP) is 8.50. The van der Waals surface area contributed by atoms with E-state index in [0.717, 1.165) is 18.4 Å². The Morgan fingerprint density at radius 3 is 1.77 bits per heavy atom. The molecule has 0 fully saturated rings. The minimum atomic E-state index is -3.76. The fourth-order valence-electron chi connectivity index (χ4n) is 5.04. The first-order valence-electron chi connectivity index (χ1n) is 14.4. The van der Waals surface area contributed by atoms with Crippen LogP contribution >= 0.6 is 15.2 Å². The second-order valence-corrected chi connectivity index (χ2v) is 14.4. The topological polar surface area (TPSA) is 83.1 Å². The number of rotatable bonds is 17. The van der Waals surface area contributed by atoms with Crippen LogP contribution in [0.4, 0.5) is 0 Å². The zero-order chi connectivity index (χ0) is 28.8. The Hall–Kier alpha value is -1.82. The lowest BCUT2D eigenvalue weighted by atomic mass is 9.83. The number of nitrogens with one attached hydrogen (secondary N) is 1. The van der Waals surface area contributed by atoms with Gasteiger partial charge in [0.1, 0.15) is 0 Å². The van der Waals surface area contributed by atoms with Crippen molar-refractivity contribution in [3.05, 3.63) is 83.4 Å². The number of hydrogen-bond acceptors (Lipinski definition) is 7. The van der Waals surface area contributed by atoms with Gasteiger partial charge in [0.25, 0.3) is 0 Å². The van der Waals surface area contributed by atoms with Crippen molar-refractivity contribution in [3.8, 4) is 0 Å². The van der Waals surface area contributed by atoms with Crippen molar-refractivity contribution in [2.45, 2.75) is 64.3 Å². The summed E-state index contributed by atoms with van der Waals surface area (Å²) >= 11 is 0. The maximum absolute atomic E-state index is 13.8. The Morgan fingerprint density at radius 2 is 1.25 bits per heavy atom. The molecule has 3 rings (SSSR count). The molecule has 1 aliphatic carbocycles. The van der Waals surface area contributed by atoms with E-state index in [1.54, 1.807) is 27.7 Å². The fourth-order valence-corrected chi connectivity index (χ4v) is 10.4. The second kappa shape index (κ2) is 16.6. The monoisotopic (exact) mass is 589 g/mol. The summed E-state index contributed by atoms with van der Waals surface area (Å²) in [5, 5.41) is 2.63. The highest BCUT2D eigenvalue weighted by atomic mass is 31.2. The smallest absolute Gasteiger partial charge is 0.313 e. The molecular weight excluding hydrogens is 544 g/mol. The van der Waals surface area contributed by atoms with E-state index in [9.17, 15) is 9.13 Å². The van der Waals surface area contributed by atoms with Gasteiger partial charge in [0.05, 0.1) is 26.4 Å². The van der Waals surface area contributed by atoms with Crippen LogP contribution in [0.2, 0.25) is 0 Å². The third-order valence-corrected chi connectivity index (χ3v) is 13.0. The van der Waals surface area contributed by atoms with Crippen LogP contribution in [0, 0.1) is 0 Å². The van der Waals surface area contributed by atoms with Gasteiger partial charge >= 0.3 is 15.2 Å². The van der Waals surface area contributed by atoms with Gasteiger partial charge in [-0.25, -0.2) is 0 Å². The number of hydrogen-bond donors (Lipinski definition) is 1. The third kappa shape index (κ3) is 9.09. The summed E-state index contributed by atoms with van der Waals surface area (Å²) in [4.78, 5) is 0. The van der Waals surface area contributed by atoms with E-state index in [1.165, 1.54) is 11.1 Å². The number of allylic oxidation sites excluding steroid dienone is 1. The van der Waals surface area contributed by atoms with Crippen LogP contribution in [0.3, 0.4) is 0 Å². The van der Waals surface area contributed by atoms with Gasteiger partial charge in [-0.05, 0) is 70.2 Å². The highest BCUT2D eigenvalue weighted by Gasteiger charge is 2.50. The maximum Gasteiger partial charge on any atom is 0.345 e. The standard InChI is InChI=1S/C31H45NO6P2/c1-5-35-39(33,36-6-2)31(40(34,37-7-3)38-8-4)24-25-32-30-17-13-12-16-29(30)28-22-20-27(21-23-28)19-18-26-14-10-9-11-15-26/h9-15,18-23,29-32H,5-8,16-17,24-25H2,1-4H3. The molecule has 2 unspecified atom stereocenters. The van der Waals surface area contributed by atoms with Crippen molar-refractivity contribution in [1.29, 1.82) is 0 Å². The van der Waals surface area contributed by atoms with Crippen molar-refractivity contribution in [2.75, 3.05) is 33.0 Å². The third-order valence-electron chi connectivity index (χ3n) is 6.84. The molecule has 0 spiro atoms. The molecule has 0 saturated heterocycles.